The number of nitrogens with one attached hydrogen (secondary N) is 2. The maximum atomic E-state index is 12.5. The molecule has 11 nitrogen and oxygen atoms in total. The van der Waals surface area contributed by atoms with Crippen molar-refractivity contribution in [2.45, 2.75) is 64.0 Å². The number of anilines is 2. The summed E-state index contributed by atoms with van der Waals surface area (Å²) in [6, 6.07) is 1.87. The molecule has 4 rings (SSSR count). The molecule has 0 bridgehead atoms. The third kappa shape index (κ3) is 5.41. The lowest BCUT2D eigenvalue weighted by atomic mass is 10.0. The minimum Gasteiger partial charge on any atom is -0.396 e. The highest BCUT2D eigenvalue weighted by Crippen LogP contribution is 2.40. The molecule has 1 fully saturated rings. The molecule has 3 heterocycles. The van der Waals surface area contributed by atoms with Crippen molar-refractivity contribution < 1.29 is 23.7 Å². The lowest BCUT2D eigenvalue weighted by molar-refractivity contribution is -0.0545. The van der Waals surface area contributed by atoms with Crippen molar-refractivity contribution >= 4 is 43.2 Å². The highest BCUT2D eigenvalue weighted by atomic mass is 32.2. The number of rotatable bonds is 8. The van der Waals surface area contributed by atoms with E-state index in [9.17, 15) is 23.7 Å². The third-order valence-electron chi connectivity index (χ3n) is 6.78. The van der Waals surface area contributed by atoms with Gasteiger partial charge in [-0.1, -0.05) is 0 Å². The smallest absolute Gasteiger partial charge is 0.224 e. The Morgan fingerprint density at radius 3 is 2.54 bits per heavy atom. The predicted octanol–water partition coefficient (Wildman–Crippen LogP) is 2.25. The molecule has 0 saturated heterocycles. The number of thiazole rings is 1. The minimum atomic E-state index is -3.35. The monoisotopic (exact) mass is 550 g/mol. The van der Waals surface area contributed by atoms with E-state index in [-0.39, 0.29) is 37.1 Å². The minimum absolute atomic E-state index is 0.101. The fourth-order valence-electron chi connectivity index (χ4n) is 4.32. The van der Waals surface area contributed by atoms with E-state index >= 15 is 0 Å². The molecule has 37 heavy (non-hydrogen) atoms. The number of aliphatic hydroxyl groups is 3. The van der Waals surface area contributed by atoms with Crippen LogP contribution >= 0.6 is 11.3 Å². The summed E-state index contributed by atoms with van der Waals surface area (Å²) < 4.78 is 25.1. The van der Waals surface area contributed by atoms with Gasteiger partial charge in [-0.05, 0) is 53.5 Å². The second-order valence-electron chi connectivity index (χ2n) is 10.5. The van der Waals surface area contributed by atoms with E-state index in [1.807, 2.05) is 13.0 Å². The molecule has 5 N–H and O–H groups in total. The molecule has 3 aromatic heterocycles. The molecule has 3 unspecified atom stereocenters. The van der Waals surface area contributed by atoms with Crippen LogP contribution in [0.4, 0.5) is 11.8 Å². The van der Waals surface area contributed by atoms with E-state index in [2.05, 4.69) is 25.6 Å². The van der Waals surface area contributed by atoms with Crippen LogP contribution in [0, 0.1) is 19.8 Å². The molecule has 13 heteroatoms. The molecule has 0 aromatic carbocycles. The van der Waals surface area contributed by atoms with Crippen molar-refractivity contribution in [1.29, 1.82) is 0 Å². The van der Waals surface area contributed by atoms with E-state index < -0.39 is 32.3 Å². The quantitative estimate of drug-likeness (QED) is 0.261. The second-order valence-corrected chi connectivity index (χ2v) is 14.3. The first-order valence-electron chi connectivity index (χ1n) is 12.1. The molecule has 1 aliphatic rings. The summed E-state index contributed by atoms with van der Waals surface area (Å²) in [4.78, 5) is 18.2. The van der Waals surface area contributed by atoms with Crippen LogP contribution in [0.2, 0.25) is 0 Å². The Bertz CT molecular complexity index is 1400. The lowest BCUT2D eigenvalue weighted by Gasteiger charge is -2.31. The maximum Gasteiger partial charge on any atom is 0.224 e. The number of hydrogen-bond acceptors (Lipinski definition) is 12. The number of nitrogens with zero attached hydrogens (tertiary/aromatic N) is 4. The van der Waals surface area contributed by atoms with E-state index in [0.717, 1.165) is 15.9 Å². The van der Waals surface area contributed by atoms with E-state index in [1.54, 1.807) is 33.9 Å². The zero-order valence-corrected chi connectivity index (χ0v) is 23.2. The highest BCUT2D eigenvalue weighted by molar-refractivity contribution is 7.92. The molecule has 0 spiro atoms. The van der Waals surface area contributed by atoms with Crippen LogP contribution in [0.3, 0.4) is 0 Å². The van der Waals surface area contributed by atoms with Crippen LogP contribution in [0.5, 0.6) is 0 Å². The lowest BCUT2D eigenvalue weighted by Crippen LogP contribution is -2.48. The van der Waals surface area contributed by atoms with Gasteiger partial charge in [-0.2, -0.15) is 4.98 Å². The van der Waals surface area contributed by atoms with Gasteiger partial charge in [0, 0.05) is 25.3 Å². The van der Waals surface area contributed by atoms with Gasteiger partial charge in [0.15, 0.2) is 15.6 Å². The van der Waals surface area contributed by atoms with Crippen molar-refractivity contribution in [3.63, 3.8) is 0 Å². The highest BCUT2D eigenvalue weighted by Gasteiger charge is 2.47. The molecular formula is C24H34N6O5S2. The topological polar surface area (TPSA) is 170 Å². The molecular weight excluding hydrogens is 516 g/mol. The second kappa shape index (κ2) is 10.0. The zero-order valence-electron chi connectivity index (χ0n) is 21.6. The van der Waals surface area contributed by atoms with Crippen molar-refractivity contribution in [3.05, 3.63) is 23.7 Å². The summed E-state index contributed by atoms with van der Waals surface area (Å²) in [5.74, 6) is -0.144. The van der Waals surface area contributed by atoms with Crippen LogP contribution < -0.4 is 10.6 Å². The molecule has 0 aliphatic heterocycles. The molecule has 0 amide bonds. The molecule has 1 aliphatic carbocycles. The molecule has 3 aromatic rings. The summed E-state index contributed by atoms with van der Waals surface area (Å²) in [6.07, 6.45) is 1.14. The Morgan fingerprint density at radius 2 is 1.92 bits per heavy atom. The average molecular weight is 551 g/mol. The van der Waals surface area contributed by atoms with Gasteiger partial charge in [-0.3, -0.25) is 4.98 Å². The molecule has 1 saturated carbocycles. The van der Waals surface area contributed by atoms with E-state index in [0.29, 0.717) is 22.7 Å². The first kappa shape index (κ1) is 27.6. The van der Waals surface area contributed by atoms with Crippen LogP contribution in [-0.2, 0) is 9.84 Å². The van der Waals surface area contributed by atoms with Gasteiger partial charge >= 0.3 is 0 Å². The van der Waals surface area contributed by atoms with Crippen molar-refractivity contribution in [3.8, 4) is 10.6 Å². The van der Waals surface area contributed by atoms with Crippen molar-refractivity contribution in [2.75, 3.05) is 29.5 Å². The van der Waals surface area contributed by atoms with Gasteiger partial charge in [-0.15, -0.1) is 11.3 Å². The van der Waals surface area contributed by atoms with Gasteiger partial charge in [0.2, 0.25) is 5.95 Å². The van der Waals surface area contributed by atoms with Gasteiger partial charge < -0.3 is 26.0 Å². The Hall–Kier alpha value is -2.45. The Kier molecular flexibility index (Phi) is 7.47. The van der Waals surface area contributed by atoms with E-state index in [4.69, 9.17) is 4.98 Å². The number of hydrogen-bond donors (Lipinski definition) is 5. The SMILES string of the molecule is Cc1nc(NCCS(=O)(=O)C(C)(C)C)nc(NC2(O)CCC(CO)C2O)c1-c1nc2c(C)nccc2s1. The van der Waals surface area contributed by atoms with Gasteiger partial charge in [0.25, 0.3) is 0 Å². The fraction of sp³-hybridized carbons (Fsp3) is 0.583. The third-order valence-corrected chi connectivity index (χ3v) is 10.4. The standard InChI is InChI=1S/C24H34N6O5S2/c1-13-17(21-28-18-14(2)25-9-7-16(18)36-21)20(30-24(33)8-6-15(12-31)19(24)32)29-22(27-13)26-10-11-37(34,35)23(3,4)5/h7,9,15,19,31-33H,6,8,10-12H2,1-5H3,(H2,26,27,29,30). The summed E-state index contributed by atoms with van der Waals surface area (Å²) in [5.41, 5.74) is 0.924. The van der Waals surface area contributed by atoms with Crippen LogP contribution in [0.15, 0.2) is 12.3 Å². The van der Waals surface area contributed by atoms with E-state index in [1.165, 1.54) is 11.3 Å². The first-order chi connectivity index (χ1) is 17.3. The van der Waals surface area contributed by atoms with Crippen LogP contribution in [-0.4, -0.2) is 79.2 Å². The first-order valence-corrected chi connectivity index (χ1v) is 14.6. The normalized spacial score (nSPS) is 22.5. The summed E-state index contributed by atoms with van der Waals surface area (Å²) in [7, 11) is -3.35. The van der Waals surface area contributed by atoms with Crippen molar-refractivity contribution in [1.82, 2.24) is 19.9 Å². The average Bonchev–Trinajstić information content (AvgIpc) is 3.34. The molecule has 3 atom stereocenters. The number of aliphatic hydroxyl groups excluding tert-OH is 2. The van der Waals surface area contributed by atoms with Crippen molar-refractivity contribution in [2.24, 2.45) is 5.92 Å². The van der Waals surface area contributed by atoms with Gasteiger partial charge in [0.05, 0.1) is 32.2 Å². The number of aromatic nitrogens is 4. The number of pyridine rings is 1. The largest absolute Gasteiger partial charge is 0.396 e. The number of sulfone groups is 1. The fourth-order valence-corrected chi connectivity index (χ4v) is 6.42. The zero-order chi connectivity index (χ0) is 27.2. The number of aryl methyl sites for hydroxylation is 2. The predicted molar refractivity (Wildman–Crippen MR) is 144 cm³/mol. The Morgan fingerprint density at radius 1 is 1.19 bits per heavy atom. The Labute approximate surface area is 220 Å². The number of fused-ring (bicyclic) bond motifs is 1. The summed E-state index contributed by atoms with van der Waals surface area (Å²) in [6.45, 7) is 8.47. The summed E-state index contributed by atoms with van der Waals surface area (Å²) in [5, 5.41) is 38.2. The molecule has 0 radical (unpaired) electrons. The molecule has 202 valence electrons. The summed E-state index contributed by atoms with van der Waals surface area (Å²) >= 11 is 1.43. The maximum absolute atomic E-state index is 12.5. The van der Waals surface area contributed by atoms with Crippen LogP contribution in [0.1, 0.15) is 45.0 Å². The Balaban J connectivity index is 1.73. The van der Waals surface area contributed by atoms with Gasteiger partial charge in [-0.25, -0.2) is 18.4 Å². The van der Waals surface area contributed by atoms with Crippen LogP contribution in [0.25, 0.3) is 20.8 Å². The van der Waals surface area contributed by atoms with Gasteiger partial charge in [0.1, 0.15) is 22.4 Å².